The molecule has 0 radical (unpaired) electrons. The van der Waals surface area contributed by atoms with Gasteiger partial charge in [-0.05, 0) is 36.4 Å². The quantitative estimate of drug-likeness (QED) is 0.928. The van der Waals surface area contributed by atoms with Gasteiger partial charge in [0.25, 0.3) is 0 Å². The number of aromatic nitrogens is 1. The molecule has 19 heavy (non-hydrogen) atoms. The van der Waals surface area contributed by atoms with E-state index in [1.807, 2.05) is 0 Å². The first-order chi connectivity index (χ1) is 8.99. The van der Waals surface area contributed by atoms with Crippen LogP contribution in [0, 0.1) is 0 Å². The highest BCUT2D eigenvalue weighted by Gasteiger charge is 2.30. The van der Waals surface area contributed by atoms with Gasteiger partial charge in [-0.1, -0.05) is 0 Å². The summed E-state index contributed by atoms with van der Waals surface area (Å²) < 4.78 is 42.5. The fourth-order valence-electron chi connectivity index (χ4n) is 1.44. The molecule has 2 aromatic rings. The van der Waals surface area contributed by atoms with Crippen molar-refractivity contribution in [1.29, 1.82) is 0 Å². The molecule has 1 heterocycles. The molecular formula is C13H11F3N2O. The number of nitrogens with zero attached hydrogens (tertiary/aromatic N) is 1. The van der Waals surface area contributed by atoms with Gasteiger partial charge in [0.05, 0.1) is 17.5 Å². The zero-order chi connectivity index (χ0) is 13.9. The van der Waals surface area contributed by atoms with Crippen molar-refractivity contribution in [2.45, 2.75) is 12.7 Å². The molecule has 2 rings (SSSR count). The van der Waals surface area contributed by atoms with Crippen LogP contribution in [0.1, 0.15) is 11.3 Å². The lowest BCUT2D eigenvalue weighted by molar-refractivity contribution is -0.137. The standard InChI is InChI=1S/C13H11F3N2O/c14-13(15,16)9-1-4-11(5-2-9)19-12-6-3-10(7-17)18-8-12/h1-6,8H,7,17H2. The predicted octanol–water partition coefficient (Wildman–Crippen LogP) is 3.35. The number of pyridine rings is 1. The summed E-state index contributed by atoms with van der Waals surface area (Å²) in [5.41, 5.74) is 5.40. The van der Waals surface area contributed by atoms with Crippen molar-refractivity contribution in [2.24, 2.45) is 5.73 Å². The summed E-state index contributed by atoms with van der Waals surface area (Å²) >= 11 is 0. The summed E-state index contributed by atoms with van der Waals surface area (Å²) in [6.45, 7) is 0.320. The third-order valence-electron chi connectivity index (χ3n) is 2.42. The van der Waals surface area contributed by atoms with Crippen LogP contribution in [0.3, 0.4) is 0 Å². The first-order valence-electron chi connectivity index (χ1n) is 5.49. The highest BCUT2D eigenvalue weighted by atomic mass is 19.4. The van der Waals surface area contributed by atoms with Crippen LogP contribution in [-0.4, -0.2) is 4.98 Å². The van der Waals surface area contributed by atoms with Crippen LogP contribution >= 0.6 is 0 Å². The van der Waals surface area contributed by atoms with Crippen molar-refractivity contribution in [3.63, 3.8) is 0 Å². The highest BCUT2D eigenvalue weighted by molar-refractivity contribution is 5.33. The van der Waals surface area contributed by atoms with Gasteiger partial charge in [-0.25, -0.2) is 0 Å². The minimum absolute atomic E-state index is 0.315. The van der Waals surface area contributed by atoms with Gasteiger partial charge < -0.3 is 10.5 Å². The molecule has 0 unspecified atom stereocenters. The van der Waals surface area contributed by atoms with Gasteiger partial charge in [0, 0.05) is 6.54 Å². The second-order valence-electron chi connectivity index (χ2n) is 3.81. The Labute approximate surface area is 107 Å². The van der Waals surface area contributed by atoms with E-state index in [0.29, 0.717) is 23.7 Å². The maximum absolute atomic E-state index is 12.4. The summed E-state index contributed by atoms with van der Waals surface area (Å²) in [5, 5.41) is 0. The number of halogens is 3. The van der Waals surface area contributed by atoms with Crippen LogP contribution < -0.4 is 10.5 Å². The molecule has 100 valence electrons. The lowest BCUT2D eigenvalue weighted by atomic mass is 10.2. The van der Waals surface area contributed by atoms with Gasteiger partial charge in [-0.15, -0.1) is 0 Å². The molecule has 0 aliphatic rings. The van der Waals surface area contributed by atoms with E-state index in [1.165, 1.54) is 18.3 Å². The number of nitrogens with two attached hydrogens (primary N) is 1. The van der Waals surface area contributed by atoms with Crippen LogP contribution in [0.5, 0.6) is 11.5 Å². The Morgan fingerprint density at radius 2 is 1.63 bits per heavy atom. The molecule has 0 aliphatic carbocycles. The Kier molecular flexibility index (Phi) is 3.71. The maximum Gasteiger partial charge on any atom is 0.416 e. The highest BCUT2D eigenvalue weighted by Crippen LogP contribution is 2.31. The molecule has 1 aromatic heterocycles. The van der Waals surface area contributed by atoms with Crippen LogP contribution in [-0.2, 0) is 12.7 Å². The smallest absolute Gasteiger partial charge is 0.416 e. The Morgan fingerprint density at radius 1 is 1.00 bits per heavy atom. The lowest BCUT2D eigenvalue weighted by Gasteiger charge is -2.09. The van der Waals surface area contributed by atoms with E-state index in [-0.39, 0.29) is 0 Å². The molecule has 0 saturated heterocycles. The van der Waals surface area contributed by atoms with Crippen molar-refractivity contribution in [2.75, 3.05) is 0 Å². The van der Waals surface area contributed by atoms with Crippen molar-refractivity contribution < 1.29 is 17.9 Å². The first kappa shape index (κ1) is 13.4. The third-order valence-corrected chi connectivity index (χ3v) is 2.42. The fourth-order valence-corrected chi connectivity index (χ4v) is 1.44. The average molecular weight is 268 g/mol. The molecule has 0 aliphatic heterocycles. The minimum Gasteiger partial charge on any atom is -0.456 e. The van der Waals surface area contributed by atoms with E-state index in [0.717, 1.165) is 12.1 Å². The monoisotopic (exact) mass is 268 g/mol. The number of rotatable bonds is 3. The summed E-state index contributed by atoms with van der Waals surface area (Å²) in [6.07, 6.45) is -2.87. The van der Waals surface area contributed by atoms with Gasteiger partial charge >= 0.3 is 6.18 Å². The zero-order valence-electron chi connectivity index (χ0n) is 9.82. The summed E-state index contributed by atoms with van der Waals surface area (Å²) in [5.74, 6) is 0.757. The topological polar surface area (TPSA) is 48.1 Å². The van der Waals surface area contributed by atoms with Crippen molar-refractivity contribution in [1.82, 2.24) is 4.98 Å². The van der Waals surface area contributed by atoms with Crippen LogP contribution in [0.4, 0.5) is 13.2 Å². The van der Waals surface area contributed by atoms with E-state index in [9.17, 15) is 13.2 Å². The Bertz CT molecular complexity index is 535. The van der Waals surface area contributed by atoms with Gasteiger partial charge in [-0.2, -0.15) is 13.2 Å². The molecular weight excluding hydrogens is 257 g/mol. The molecule has 3 nitrogen and oxygen atoms in total. The minimum atomic E-state index is -4.34. The number of benzene rings is 1. The van der Waals surface area contributed by atoms with Crippen LogP contribution in [0.15, 0.2) is 42.6 Å². The number of ether oxygens (including phenoxy) is 1. The maximum atomic E-state index is 12.4. The molecule has 2 N–H and O–H groups in total. The van der Waals surface area contributed by atoms with Crippen LogP contribution in [0.25, 0.3) is 0 Å². The van der Waals surface area contributed by atoms with Gasteiger partial charge in [0.1, 0.15) is 11.5 Å². The summed E-state index contributed by atoms with van der Waals surface area (Å²) in [7, 11) is 0. The zero-order valence-corrected chi connectivity index (χ0v) is 9.82. The normalized spacial score (nSPS) is 11.4. The molecule has 0 fully saturated rings. The summed E-state index contributed by atoms with van der Waals surface area (Å²) in [6, 6.07) is 7.82. The van der Waals surface area contributed by atoms with E-state index in [1.54, 1.807) is 12.1 Å². The molecule has 0 atom stereocenters. The Hall–Kier alpha value is -2.08. The summed E-state index contributed by atoms with van der Waals surface area (Å²) in [4.78, 5) is 4.02. The van der Waals surface area contributed by atoms with E-state index in [4.69, 9.17) is 10.5 Å². The average Bonchev–Trinajstić information content (AvgIpc) is 2.39. The molecule has 1 aromatic carbocycles. The van der Waals surface area contributed by atoms with Crippen LogP contribution in [0.2, 0.25) is 0 Å². The van der Waals surface area contributed by atoms with E-state index < -0.39 is 11.7 Å². The molecule has 0 amide bonds. The predicted molar refractivity (Wildman–Crippen MR) is 63.6 cm³/mol. The molecule has 0 spiro atoms. The molecule has 0 saturated carbocycles. The first-order valence-corrected chi connectivity index (χ1v) is 5.49. The van der Waals surface area contributed by atoms with Gasteiger partial charge in [0.2, 0.25) is 0 Å². The van der Waals surface area contributed by atoms with Crippen molar-refractivity contribution in [3.05, 3.63) is 53.9 Å². The molecule has 6 heteroatoms. The van der Waals surface area contributed by atoms with E-state index in [2.05, 4.69) is 4.98 Å². The van der Waals surface area contributed by atoms with Gasteiger partial charge in [-0.3, -0.25) is 4.98 Å². The fraction of sp³-hybridized carbons (Fsp3) is 0.154. The number of hydrogen-bond acceptors (Lipinski definition) is 3. The Balaban J connectivity index is 2.10. The largest absolute Gasteiger partial charge is 0.456 e. The Morgan fingerprint density at radius 3 is 2.11 bits per heavy atom. The molecule has 0 bridgehead atoms. The van der Waals surface area contributed by atoms with Gasteiger partial charge in [0.15, 0.2) is 0 Å². The number of hydrogen-bond donors (Lipinski definition) is 1. The van der Waals surface area contributed by atoms with E-state index >= 15 is 0 Å². The second-order valence-corrected chi connectivity index (χ2v) is 3.81. The lowest BCUT2D eigenvalue weighted by Crippen LogP contribution is -2.04. The van der Waals surface area contributed by atoms with Crippen molar-refractivity contribution in [3.8, 4) is 11.5 Å². The third kappa shape index (κ3) is 3.45. The van der Waals surface area contributed by atoms with Crippen molar-refractivity contribution >= 4 is 0 Å². The second kappa shape index (κ2) is 5.27. The SMILES string of the molecule is NCc1ccc(Oc2ccc(C(F)(F)F)cc2)cn1. The number of alkyl halides is 3.